The molecule has 2 heterocycles. The van der Waals surface area contributed by atoms with Crippen molar-refractivity contribution in [2.45, 2.75) is 19.3 Å². The van der Waals surface area contributed by atoms with Crippen molar-refractivity contribution in [1.29, 1.82) is 0 Å². The molecule has 138 valence electrons. The summed E-state index contributed by atoms with van der Waals surface area (Å²) in [7, 11) is 0. The fourth-order valence-electron chi connectivity index (χ4n) is 3.75. The smallest absolute Gasteiger partial charge is 0.242 e. The minimum atomic E-state index is 0.00230. The van der Waals surface area contributed by atoms with Gasteiger partial charge in [-0.3, -0.25) is 9.59 Å². The molecule has 0 fully saturated rings. The summed E-state index contributed by atoms with van der Waals surface area (Å²) in [6.45, 7) is 1.40. The lowest BCUT2D eigenvalue weighted by Gasteiger charge is -2.32. The van der Waals surface area contributed by atoms with Gasteiger partial charge in [-0.1, -0.05) is 52.3 Å². The Bertz CT molecular complexity index is 908. The van der Waals surface area contributed by atoms with E-state index in [1.807, 2.05) is 41.3 Å². The van der Waals surface area contributed by atoms with E-state index in [0.717, 1.165) is 28.6 Å². The van der Waals surface area contributed by atoms with Gasteiger partial charge in [-0.2, -0.15) is 0 Å². The minimum Gasteiger partial charge on any atom is -0.337 e. The lowest BCUT2D eigenvalue weighted by Crippen LogP contribution is -2.45. The Balaban J connectivity index is 1.46. The monoisotopic (exact) mass is 424 g/mol. The van der Waals surface area contributed by atoms with E-state index in [4.69, 9.17) is 0 Å². The second-order valence-corrected chi connectivity index (χ2v) is 7.85. The van der Waals surface area contributed by atoms with E-state index in [0.29, 0.717) is 19.5 Å². The largest absolute Gasteiger partial charge is 0.337 e. The normalized spacial score (nSPS) is 16.8. The van der Waals surface area contributed by atoms with Crippen LogP contribution in [0.3, 0.4) is 0 Å². The molecule has 0 atom stereocenters. The molecule has 0 bridgehead atoms. The molecule has 0 aliphatic carbocycles. The first kappa shape index (κ1) is 18.0. The highest BCUT2D eigenvalue weighted by Gasteiger charge is 2.28. The predicted molar refractivity (Wildman–Crippen MR) is 110 cm³/mol. The molecule has 0 N–H and O–H groups in total. The number of carbonyl (C=O) groups excluding carboxylic acids is 2. The predicted octanol–water partition coefficient (Wildman–Crippen LogP) is 4.04. The molecule has 0 saturated heterocycles. The molecular weight excluding hydrogens is 404 g/mol. The molecule has 5 heteroatoms. The zero-order chi connectivity index (χ0) is 18.8. The molecule has 0 aromatic heterocycles. The van der Waals surface area contributed by atoms with Crippen molar-refractivity contribution < 1.29 is 9.59 Å². The van der Waals surface area contributed by atoms with Gasteiger partial charge in [0.2, 0.25) is 11.8 Å². The van der Waals surface area contributed by atoms with Gasteiger partial charge in [-0.15, -0.1) is 0 Å². The minimum absolute atomic E-state index is 0.00230. The molecule has 0 radical (unpaired) electrons. The number of nitrogens with zero attached hydrogens (tertiary/aromatic N) is 2. The van der Waals surface area contributed by atoms with Crippen LogP contribution in [0.5, 0.6) is 0 Å². The first-order valence-electron chi connectivity index (χ1n) is 9.23. The van der Waals surface area contributed by atoms with Crippen LogP contribution in [0.4, 0.5) is 5.69 Å². The molecular formula is C22H21BrN2O2. The van der Waals surface area contributed by atoms with Gasteiger partial charge in [0.25, 0.3) is 0 Å². The number of anilines is 1. The molecule has 2 aromatic rings. The van der Waals surface area contributed by atoms with E-state index >= 15 is 0 Å². The standard InChI is InChI=1S/C22H21BrN2O2/c23-19-7-8-20-18(14-19)6-9-21(26)25(20)15-22(27)24-12-10-17(11-13-24)16-4-2-1-3-5-16/h1-5,7-8,10,14H,6,9,11-13,15H2. The van der Waals surface area contributed by atoms with E-state index in [2.05, 4.69) is 34.1 Å². The molecule has 0 unspecified atom stereocenters. The van der Waals surface area contributed by atoms with E-state index in [1.54, 1.807) is 4.90 Å². The van der Waals surface area contributed by atoms with Crippen molar-refractivity contribution in [3.8, 4) is 0 Å². The summed E-state index contributed by atoms with van der Waals surface area (Å²) in [5.74, 6) is 0.0261. The van der Waals surface area contributed by atoms with Crippen LogP contribution in [0.15, 0.2) is 59.1 Å². The van der Waals surface area contributed by atoms with Crippen LogP contribution in [-0.2, 0) is 16.0 Å². The van der Waals surface area contributed by atoms with E-state index in [1.165, 1.54) is 11.1 Å². The number of halogens is 1. The number of hydrogen-bond acceptors (Lipinski definition) is 2. The summed E-state index contributed by atoms with van der Waals surface area (Å²) in [5, 5.41) is 0. The van der Waals surface area contributed by atoms with E-state index in [-0.39, 0.29) is 18.4 Å². The average molecular weight is 425 g/mol. The summed E-state index contributed by atoms with van der Waals surface area (Å²) in [6.07, 6.45) is 4.15. The topological polar surface area (TPSA) is 40.6 Å². The third-order valence-electron chi connectivity index (χ3n) is 5.24. The maximum absolute atomic E-state index is 12.8. The Kier molecular flexibility index (Phi) is 5.12. The number of fused-ring (bicyclic) bond motifs is 1. The second-order valence-electron chi connectivity index (χ2n) is 6.94. The molecule has 4 nitrogen and oxygen atoms in total. The molecule has 4 rings (SSSR count). The van der Waals surface area contributed by atoms with Crippen molar-refractivity contribution in [3.05, 3.63) is 70.2 Å². The van der Waals surface area contributed by atoms with Gasteiger partial charge < -0.3 is 9.80 Å². The van der Waals surface area contributed by atoms with Crippen LogP contribution in [0.2, 0.25) is 0 Å². The number of hydrogen-bond donors (Lipinski definition) is 0. The zero-order valence-electron chi connectivity index (χ0n) is 15.0. The Labute approximate surface area is 167 Å². The summed E-state index contributed by atoms with van der Waals surface area (Å²) >= 11 is 3.48. The highest BCUT2D eigenvalue weighted by Crippen LogP contribution is 2.30. The maximum Gasteiger partial charge on any atom is 0.242 e. The number of aryl methyl sites for hydroxylation is 1. The third kappa shape index (κ3) is 3.83. The van der Waals surface area contributed by atoms with Crippen molar-refractivity contribution in [1.82, 2.24) is 4.90 Å². The quantitative estimate of drug-likeness (QED) is 0.745. The van der Waals surface area contributed by atoms with Crippen molar-refractivity contribution in [2.24, 2.45) is 0 Å². The van der Waals surface area contributed by atoms with Gasteiger partial charge in [0.15, 0.2) is 0 Å². The van der Waals surface area contributed by atoms with Crippen molar-refractivity contribution in [3.63, 3.8) is 0 Å². The number of carbonyl (C=O) groups is 2. The summed E-state index contributed by atoms with van der Waals surface area (Å²) in [6, 6.07) is 16.2. The molecule has 0 spiro atoms. The van der Waals surface area contributed by atoms with Gasteiger partial charge in [0.1, 0.15) is 6.54 Å². The van der Waals surface area contributed by atoms with E-state index in [9.17, 15) is 9.59 Å². The molecule has 2 amide bonds. The van der Waals surface area contributed by atoms with E-state index < -0.39 is 0 Å². The van der Waals surface area contributed by atoms with Crippen LogP contribution < -0.4 is 4.90 Å². The molecule has 2 aliphatic rings. The molecule has 27 heavy (non-hydrogen) atoms. The molecule has 2 aliphatic heterocycles. The Morgan fingerprint density at radius 2 is 1.85 bits per heavy atom. The lowest BCUT2D eigenvalue weighted by molar-refractivity contribution is -0.131. The van der Waals surface area contributed by atoms with Crippen LogP contribution >= 0.6 is 15.9 Å². The summed E-state index contributed by atoms with van der Waals surface area (Å²) in [5.41, 5.74) is 4.47. The number of rotatable bonds is 3. The van der Waals surface area contributed by atoms with Crippen LogP contribution in [0, 0.1) is 0 Å². The highest BCUT2D eigenvalue weighted by atomic mass is 79.9. The maximum atomic E-state index is 12.8. The van der Waals surface area contributed by atoms with Gasteiger partial charge in [-0.05, 0) is 47.7 Å². The average Bonchev–Trinajstić information content (AvgIpc) is 2.71. The Morgan fingerprint density at radius 3 is 2.59 bits per heavy atom. The second kappa shape index (κ2) is 7.69. The molecule has 0 saturated carbocycles. The first-order chi connectivity index (χ1) is 13.1. The zero-order valence-corrected chi connectivity index (χ0v) is 16.6. The fraction of sp³-hybridized carbons (Fsp3) is 0.273. The van der Waals surface area contributed by atoms with Crippen LogP contribution in [-0.4, -0.2) is 36.3 Å². The summed E-state index contributed by atoms with van der Waals surface area (Å²) in [4.78, 5) is 28.7. The fourth-order valence-corrected chi connectivity index (χ4v) is 4.16. The summed E-state index contributed by atoms with van der Waals surface area (Å²) < 4.78 is 0.997. The highest BCUT2D eigenvalue weighted by molar-refractivity contribution is 9.10. The van der Waals surface area contributed by atoms with Crippen LogP contribution in [0.1, 0.15) is 24.0 Å². The number of amides is 2. The van der Waals surface area contributed by atoms with Crippen molar-refractivity contribution in [2.75, 3.05) is 24.5 Å². The Hall–Kier alpha value is -2.40. The van der Waals surface area contributed by atoms with Crippen molar-refractivity contribution >= 4 is 39.0 Å². The van der Waals surface area contributed by atoms with Gasteiger partial charge >= 0.3 is 0 Å². The van der Waals surface area contributed by atoms with Gasteiger partial charge in [-0.25, -0.2) is 0 Å². The third-order valence-corrected chi connectivity index (χ3v) is 5.73. The Morgan fingerprint density at radius 1 is 1.04 bits per heavy atom. The first-order valence-corrected chi connectivity index (χ1v) is 10.0. The van der Waals surface area contributed by atoms with Gasteiger partial charge in [0.05, 0.1) is 0 Å². The number of benzene rings is 2. The lowest BCUT2D eigenvalue weighted by atomic mass is 9.99. The molecule has 2 aromatic carbocycles. The van der Waals surface area contributed by atoms with Gasteiger partial charge in [0, 0.05) is 29.7 Å². The SMILES string of the molecule is O=C(CN1C(=O)CCc2cc(Br)ccc21)N1CC=C(c2ccccc2)CC1. The van der Waals surface area contributed by atoms with Crippen LogP contribution in [0.25, 0.3) is 5.57 Å².